The van der Waals surface area contributed by atoms with E-state index in [-0.39, 0.29) is 24.3 Å². The van der Waals surface area contributed by atoms with Crippen LogP contribution >= 0.6 is 0 Å². The van der Waals surface area contributed by atoms with Gasteiger partial charge in [-0.15, -0.1) is 0 Å². The number of carbonyl (C=O) groups is 3. The summed E-state index contributed by atoms with van der Waals surface area (Å²) in [6.45, 7) is 2.89. The fourth-order valence-electron chi connectivity index (χ4n) is 2.98. The number of rotatable bonds is 5. The average Bonchev–Trinajstić information content (AvgIpc) is 2.61. The average molecular weight is 332 g/mol. The Kier molecular flexibility index (Phi) is 5.95. The molecule has 1 aliphatic rings. The molecule has 2 rings (SSSR count). The molecular formula is C18H24N2O4. The number of carboxylic acids is 1. The van der Waals surface area contributed by atoms with Gasteiger partial charge in [0, 0.05) is 38.2 Å². The number of benzene rings is 1. The van der Waals surface area contributed by atoms with Crippen LogP contribution in [0.4, 0.5) is 0 Å². The quantitative estimate of drug-likeness (QED) is 0.890. The van der Waals surface area contributed by atoms with Crippen molar-refractivity contribution in [3.8, 4) is 0 Å². The van der Waals surface area contributed by atoms with E-state index < -0.39 is 11.9 Å². The van der Waals surface area contributed by atoms with E-state index in [1.165, 1.54) is 4.90 Å². The largest absolute Gasteiger partial charge is 0.481 e. The molecule has 24 heavy (non-hydrogen) atoms. The van der Waals surface area contributed by atoms with E-state index in [2.05, 4.69) is 0 Å². The summed E-state index contributed by atoms with van der Waals surface area (Å²) in [5.41, 5.74) is 0.662. The molecule has 1 saturated heterocycles. The lowest BCUT2D eigenvalue weighted by Gasteiger charge is -2.33. The van der Waals surface area contributed by atoms with Crippen molar-refractivity contribution >= 4 is 17.8 Å². The minimum atomic E-state index is -0.905. The molecule has 1 aromatic carbocycles. The van der Waals surface area contributed by atoms with Gasteiger partial charge < -0.3 is 14.9 Å². The lowest BCUT2D eigenvalue weighted by molar-refractivity contribution is -0.143. The number of carboxylic acid groups (broad SMARTS) is 1. The van der Waals surface area contributed by atoms with Gasteiger partial charge in [0.25, 0.3) is 5.91 Å². The molecule has 0 saturated carbocycles. The first kappa shape index (κ1) is 18.0. The third-order valence-electron chi connectivity index (χ3n) is 4.50. The Balaban J connectivity index is 1.87. The fourth-order valence-corrected chi connectivity index (χ4v) is 2.98. The predicted molar refractivity (Wildman–Crippen MR) is 89.5 cm³/mol. The van der Waals surface area contributed by atoms with E-state index in [9.17, 15) is 14.4 Å². The molecule has 1 aliphatic heterocycles. The van der Waals surface area contributed by atoms with Crippen LogP contribution in [0.3, 0.4) is 0 Å². The van der Waals surface area contributed by atoms with Crippen molar-refractivity contribution in [3.63, 3.8) is 0 Å². The summed E-state index contributed by atoms with van der Waals surface area (Å²) in [7, 11) is 1.64. The molecule has 1 fully saturated rings. The van der Waals surface area contributed by atoms with Crippen molar-refractivity contribution in [1.29, 1.82) is 0 Å². The Bertz CT molecular complexity index is 594. The predicted octanol–water partition coefficient (Wildman–Crippen LogP) is 1.72. The maximum absolute atomic E-state index is 12.4. The second-order valence-electron chi connectivity index (χ2n) is 6.39. The Morgan fingerprint density at radius 3 is 2.33 bits per heavy atom. The number of nitrogens with zero attached hydrogens (tertiary/aromatic N) is 2. The van der Waals surface area contributed by atoms with Crippen molar-refractivity contribution < 1.29 is 19.5 Å². The Labute approximate surface area is 142 Å². The molecule has 1 heterocycles. The molecule has 130 valence electrons. The Morgan fingerprint density at radius 2 is 1.79 bits per heavy atom. The number of amides is 2. The second kappa shape index (κ2) is 7.95. The van der Waals surface area contributed by atoms with Gasteiger partial charge in [-0.25, -0.2) is 0 Å². The van der Waals surface area contributed by atoms with Gasteiger partial charge >= 0.3 is 5.97 Å². The van der Waals surface area contributed by atoms with Gasteiger partial charge in [0.05, 0.1) is 5.92 Å². The van der Waals surface area contributed by atoms with Gasteiger partial charge in [-0.05, 0) is 25.0 Å². The lowest BCUT2D eigenvalue weighted by Crippen LogP contribution is -2.44. The summed E-state index contributed by atoms with van der Waals surface area (Å²) in [6, 6.07) is 9.13. The van der Waals surface area contributed by atoms with Crippen molar-refractivity contribution in [2.45, 2.75) is 19.8 Å². The minimum absolute atomic E-state index is 0.00523. The molecule has 0 aliphatic carbocycles. The van der Waals surface area contributed by atoms with E-state index in [0.29, 0.717) is 31.5 Å². The number of likely N-dealkylation sites (tertiary alicyclic amines) is 1. The van der Waals surface area contributed by atoms with Crippen molar-refractivity contribution in [1.82, 2.24) is 9.80 Å². The third-order valence-corrected chi connectivity index (χ3v) is 4.50. The van der Waals surface area contributed by atoms with Gasteiger partial charge in [-0.3, -0.25) is 14.4 Å². The SMILES string of the molecule is CC(CN(C)C(=O)C1CCN(C(=O)c2ccccc2)CC1)C(=O)O. The van der Waals surface area contributed by atoms with Crippen LogP contribution in [-0.4, -0.2) is 59.4 Å². The number of carbonyl (C=O) groups excluding carboxylic acids is 2. The highest BCUT2D eigenvalue weighted by atomic mass is 16.4. The zero-order valence-electron chi connectivity index (χ0n) is 14.1. The standard InChI is InChI=1S/C18H24N2O4/c1-13(18(23)24)12-19(2)16(21)15-8-10-20(11-9-15)17(22)14-6-4-3-5-7-14/h3-7,13,15H,8-12H2,1-2H3,(H,23,24). The smallest absolute Gasteiger partial charge is 0.308 e. The molecule has 0 bridgehead atoms. The molecule has 0 aromatic heterocycles. The lowest BCUT2D eigenvalue weighted by atomic mass is 9.94. The van der Waals surface area contributed by atoms with Gasteiger partial charge in [0.1, 0.15) is 0 Å². The van der Waals surface area contributed by atoms with Crippen LogP contribution in [0, 0.1) is 11.8 Å². The molecule has 6 heteroatoms. The molecule has 2 amide bonds. The number of aliphatic carboxylic acids is 1. The summed E-state index contributed by atoms with van der Waals surface area (Å²) >= 11 is 0. The Hall–Kier alpha value is -2.37. The summed E-state index contributed by atoms with van der Waals surface area (Å²) < 4.78 is 0. The number of hydrogen-bond acceptors (Lipinski definition) is 3. The van der Waals surface area contributed by atoms with Crippen LogP contribution < -0.4 is 0 Å². The van der Waals surface area contributed by atoms with E-state index in [0.717, 1.165) is 0 Å². The zero-order chi connectivity index (χ0) is 17.7. The maximum Gasteiger partial charge on any atom is 0.308 e. The molecular weight excluding hydrogens is 308 g/mol. The highest BCUT2D eigenvalue weighted by Gasteiger charge is 2.30. The van der Waals surface area contributed by atoms with Gasteiger partial charge in [-0.1, -0.05) is 25.1 Å². The molecule has 6 nitrogen and oxygen atoms in total. The van der Waals surface area contributed by atoms with Gasteiger partial charge in [-0.2, -0.15) is 0 Å². The first-order chi connectivity index (χ1) is 11.4. The fraction of sp³-hybridized carbons (Fsp3) is 0.500. The Morgan fingerprint density at radius 1 is 1.21 bits per heavy atom. The number of hydrogen-bond donors (Lipinski definition) is 1. The molecule has 1 N–H and O–H groups in total. The van der Waals surface area contributed by atoms with Gasteiger partial charge in [0.15, 0.2) is 0 Å². The summed E-state index contributed by atoms with van der Waals surface area (Å²) in [5, 5.41) is 8.94. The van der Waals surface area contributed by atoms with E-state index in [1.54, 1.807) is 31.0 Å². The maximum atomic E-state index is 12.4. The topological polar surface area (TPSA) is 77.9 Å². The first-order valence-electron chi connectivity index (χ1n) is 8.22. The van der Waals surface area contributed by atoms with Gasteiger partial charge in [0.2, 0.25) is 5.91 Å². The van der Waals surface area contributed by atoms with Crippen LogP contribution in [0.1, 0.15) is 30.1 Å². The highest BCUT2D eigenvalue weighted by molar-refractivity contribution is 5.94. The van der Waals surface area contributed by atoms with Crippen LogP contribution in [0.25, 0.3) is 0 Å². The molecule has 1 atom stereocenters. The highest BCUT2D eigenvalue weighted by Crippen LogP contribution is 2.21. The summed E-state index contributed by atoms with van der Waals surface area (Å²) in [4.78, 5) is 39.0. The first-order valence-corrected chi connectivity index (χ1v) is 8.22. The molecule has 1 unspecified atom stereocenters. The van der Waals surface area contributed by atoms with Crippen molar-refractivity contribution in [2.75, 3.05) is 26.7 Å². The van der Waals surface area contributed by atoms with Crippen molar-refractivity contribution in [3.05, 3.63) is 35.9 Å². The third kappa shape index (κ3) is 4.34. The van der Waals surface area contributed by atoms with E-state index in [1.807, 2.05) is 18.2 Å². The van der Waals surface area contributed by atoms with E-state index in [4.69, 9.17) is 5.11 Å². The van der Waals surface area contributed by atoms with Crippen LogP contribution in [0.15, 0.2) is 30.3 Å². The summed E-state index contributed by atoms with van der Waals surface area (Å²) in [6.07, 6.45) is 1.23. The van der Waals surface area contributed by atoms with Crippen LogP contribution in [-0.2, 0) is 9.59 Å². The number of piperidine rings is 1. The summed E-state index contributed by atoms with van der Waals surface area (Å²) in [5.74, 6) is -1.67. The molecule has 1 aromatic rings. The minimum Gasteiger partial charge on any atom is -0.481 e. The second-order valence-corrected chi connectivity index (χ2v) is 6.39. The molecule has 0 spiro atoms. The van der Waals surface area contributed by atoms with Crippen LogP contribution in [0.5, 0.6) is 0 Å². The monoisotopic (exact) mass is 332 g/mol. The van der Waals surface area contributed by atoms with E-state index >= 15 is 0 Å². The van der Waals surface area contributed by atoms with Crippen molar-refractivity contribution in [2.24, 2.45) is 11.8 Å². The normalized spacial score (nSPS) is 16.5. The zero-order valence-corrected chi connectivity index (χ0v) is 14.1. The van der Waals surface area contributed by atoms with Crippen LogP contribution in [0.2, 0.25) is 0 Å². The molecule has 0 radical (unpaired) electrons.